The highest BCUT2D eigenvalue weighted by molar-refractivity contribution is 7.99. The standard InChI is InChI=1S/C24H40N2O6S/c1-13(2)10-14-7-8-31-21-15(11-14)12-25-17(21)23(30)26-16-6-4-3-5-9-33-24-20(29)18(27)19(28)22(16)32-24/h3-4,13-22,24-25,27-29H,5-12H2,1-2H3,(H,26,30)/b4-3-/t14-,15-,16+,17-,18?,19?,20?,21+,22?,24?/m0/s1. The van der Waals surface area contributed by atoms with Crippen molar-refractivity contribution in [2.45, 2.75) is 94.0 Å². The molecule has 0 aliphatic carbocycles. The van der Waals surface area contributed by atoms with Crippen LogP contribution in [0.2, 0.25) is 0 Å². The van der Waals surface area contributed by atoms with Gasteiger partial charge in [-0.3, -0.25) is 4.79 Å². The van der Waals surface area contributed by atoms with E-state index in [-0.39, 0.29) is 12.0 Å². The highest BCUT2D eigenvalue weighted by Crippen LogP contribution is 2.34. The smallest absolute Gasteiger partial charge is 0.240 e. The number of hydrogen-bond acceptors (Lipinski definition) is 8. The predicted octanol–water partition coefficient (Wildman–Crippen LogP) is 0.791. The lowest BCUT2D eigenvalue weighted by Gasteiger charge is -2.43. The third-order valence-corrected chi connectivity index (χ3v) is 8.60. The van der Waals surface area contributed by atoms with Crippen molar-refractivity contribution in [1.82, 2.24) is 10.6 Å². The van der Waals surface area contributed by atoms with Gasteiger partial charge in [0.05, 0.1) is 12.1 Å². The van der Waals surface area contributed by atoms with Crippen molar-refractivity contribution in [2.24, 2.45) is 17.8 Å². The number of amides is 1. The second-order valence-corrected chi connectivity index (χ2v) is 11.6. The molecule has 0 aromatic carbocycles. The van der Waals surface area contributed by atoms with Crippen molar-refractivity contribution in [3.8, 4) is 0 Å². The van der Waals surface area contributed by atoms with E-state index >= 15 is 0 Å². The van der Waals surface area contributed by atoms with Gasteiger partial charge in [0.2, 0.25) is 5.91 Å². The molecule has 33 heavy (non-hydrogen) atoms. The van der Waals surface area contributed by atoms with Gasteiger partial charge < -0.3 is 35.4 Å². The van der Waals surface area contributed by atoms with Gasteiger partial charge in [0.1, 0.15) is 35.9 Å². The molecule has 3 fully saturated rings. The van der Waals surface area contributed by atoms with Crippen LogP contribution in [-0.4, -0.2) is 88.2 Å². The van der Waals surface area contributed by atoms with Crippen LogP contribution in [0, 0.1) is 17.8 Å². The van der Waals surface area contributed by atoms with Gasteiger partial charge in [0.25, 0.3) is 0 Å². The minimum Gasteiger partial charge on any atom is -0.388 e. The van der Waals surface area contributed by atoms with Crippen LogP contribution < -0.4 is 10.6 Å². The Hall–Kier alpha value is -0.680. The van der Waals surface area contributed by atoms with E-state index in [0.717, 1.165) is 31.6 Å². The fourth-order valence-corrected chi connectivity index (χ4v) is 6.85. The summed E-state index contributed by atoms with van der Waals surface area (Å²) in [7, 11) is 0. The van der Waals surface area contributed by atoms with Gasteiger partial charge in [-0.25, -0.2) is 0 Å². The maximum Gasteiger partial charge on any atom is 0.240 e. The number of rotatable bonds is 4. The Labute approximate surface area is 200 Å². The Kier molecular flexibility index (Phi) is 8.76. The first-order chi connectivity index (χ1) is 15.8. The topological polar surface area (TPSA) is 120 Å². The lowest BCUT2D eigenvalue weighted by atomic mass is 9.85. The summed E-state index contributed by atoms with van der Waals surface area (Å²) in [6, 6.07) is -0.971. The van der Waals surface area contributed by atoms with Gasteiger partial charge in [0, 0.05) is 13.2 Å². The number of ether oxygens (including phenoxy) is 2. The molecule has 4 aliphatic heterocycles. The molecule has 5 N–H and O–H groups in total. The van der Waals surface area contributed by atoms with E-state index in [4.69, 9.17) is 9.47 Å². The van der Waals surface area contributed by atoms with Crippen molar-refractivity contribution in [3.05, 3.63) is 12.2 Å². The first kappa shape index (κ1) is 25.4. The summed E-state index contributed by atoms with van der Waals surface area (Å²) < 4.78 is 12.2. The minimum absolute atomic E-state index is 0.162. The summed E-state index contributed by atoms with van der Waals surface area (Å²) in [6.07, 6.45) is 3.86. The number of nitrogens with one attached hydrogen (secondary N) is 2. The molecule has 0 saturated carbocycles. The first-order valence-electron chi connectivity index (χ1n) is 12.5. The van der Waals surface area contributed by atoms with Crippen LogP contribution in [0.3, 0.4) is 0 Å². The van der Waals surface area contributed by atoms with Crippen LogP contribution in [0.15, 0.2) is 12.2 Å². The summed E-state index contributed by atoms with van der Waals surface area (Å²) in [5.74, 6) is 2.17. The molecule has 5 unspecified atom stereocenters. The monoisotopic (exact) mass is 484 g/mol. The number of allylic oxidation sites excluding steroid dienone is 1. The second kappa shape index (κ2) is 11.4. The van der Waals surface area contributed by atoms with Crippen molar-refractivity contribution in [1.29, 1.82) is 0 Å². The lowest BCUT2D eigenvalue weighted by molar-refractivity contribution is -0.205. The summed E-state index contributed by atoms with van der Waals surface area (Å²) in [5.41, 5.74) is -0.642. The Balaban J connectivity index is 1.44. The second-order valence-electron chi connectivity index (χ2n) is 10.4. The van der Waals surface area contributed by atoms with E-state index in [2.05, 4.69) is 30.6 Å². The average molecular weight is 485 g/mol. The summed E-state index contributed by atoms with van der Waals surface area (Å²) in [4.78, 5) is 13.4. The zero-order chi connectivity index (χ0) is 23.5. The zero-order valence-corrected chi connectivity index (χ0v) is 20.5. The van der Waals surface area contributed by atoms with Crippen LogP contribution in [0.4, 0.5) is 0 Å². The van der Waals surface area contributed by atoms with E-state index < -0.39 is 41.9 Å². The Morgan fingerprint density at radius 3 is 2.79 bits per heavy atom. The third kappa shape index (κ3) is 5.94. The van der Waals surface area contributed by atoms with E-state index in [1.54, 1.807) is 0 Å². The van der Waals surface area contributed by atoms with E-state index in [1.807, 2.05) is 6.08 Å². The Bertz CT molecular complexity index is 694. The van der Waals surface area contributed by atoms with Gasteiger partial charge in [-0.15, -0.1) is 11.8 Å². The highest BCUT2D eigenvalue weighted by Gasteiger charge is 2.48. The van der Waals surface area contributed by atoms with Crippen molar-refractivity contribution < 1.29 is 29.6 Å². The van der Waals surface area contributed by atoms with Crippen molar-refractivity contribution >= 4 is 17.7 Å². The van der Waals surface area contributed by atoms with Gasteiger partial charge >= 0.3 is 0 Å². The molecule has 0 aromatic rings. The van der Waals surface area contributed by atoms with E-state index in [0.29, 0.717) is 30.8 Å². The molecule has 4 heterocycles. The fraction of sp³-hybridized carbons (Fsp3) is 0.875. The number of carbonyl (C=O) groups is 1. The summed E-state index contributed by atoms with van der Waals surface area (Å²) in [5, 5.41) is 37.8. The number of fused-ring (bicyclic) bond motifs is 3. The molecular weight excluding hydrogens is 444 g/mol. The quantitative estimate of drug-likeness (QED) is 0.372. The molecule has 8 nitrogen and oxygen atoms in total. The van der Waals surface area contributed by atoms with Crippen LogP contribution >= 0.6 is 11.8 Å². The van der Waals surface area contributed by atoms with Gasteiger partial charge in [-0.2, -0.15) is 0 Å². The normalized spacial score (nSPS) is 45.2. The third-order valence-electron chi connectivity index (χ3n) is 7.41. The molecule has 0 radical (unpaired) electrons. The SMILES string of the molecule is CC(C)C[C@@H]1CCO[C@@H]2[C@H](CN[C@@H]2C(=O)N[C@@H]2C/C=C\CCSC3OC2C(O)C(O)C3O)C1. The fourth-order valence-electron chi connectivity index (χ4n) is 5.78. The number of carbonyl (C=O) groups excluding carboxylic acids is 1. The number of thioether (sulfide) groups is 1. The van der Waals surface area contributed by atoms with Crippen LogP contribution in [0.5, 0.6) is 0 Å². The molecule has 0 spiro atoms. The molecule has 3 saturated heterocycles. The predicted molar refractivity (Wildman–Crippen MR) is 127 cm³/mol. The lowest BCUT2D eigenvalue weighted by Crippen LogP contribution is -2.63. The Morgan fingerprint density at radius 2 is 2.00 bits per heavy atom. The molecule has 0 aromatic heterocycles. The minimum atomic E-state index is -1.32. The molecule has 188 valence electrons. The molecule has 9 heteroatoms. The maximum absolute atomic E-state index is 13.4. The number of aliphatic hydroxyl groups is 3. The molecule has 2 bridgehead atoms. The van der Waals surface area contributed by atoms with Crippen LogP contribution in [0.1, 0.15) is 46.0 Å². The van der Waals surface area contributed by atoms with Crippen LogP contribution in [-0.2, 0) is 14.3 Å². The number of aliphatic hydroxyl groups excluding tert-OH is 3. The van der Waals surface area contributed by atoms with Gasteiger partial charge in [-0.05, 0) is 55.6 Å². The molecular formula is C24H40N2O6S. The summed E-state index contributed by atoms with van der Waals surface area (Å²) in [6.45, 7) is 5.93. The van der Waals surface area contributed by atoms with Gasteiger partial charge in [-0.1, -0.05) is 26.0 Å². The number of hydrogen-bond donors (Lipinski definition) is 5. The highest BCUT2D eigenvalue weighted by atomic mass is 32.2. The molecule has 4 aliphatic rings. The average Bonchev–Trinajstić information content (AvgIpc) is 3.06. The summed E-state index contributed by atoms with van der Waals surface area (Å²) >= 11 is 1.42. The van der Waals surface area contributed by atoms with Crippen molar-refractivity contribution in [2.75, 3.05) is 18.9 Å². The van der Waals surface area contributed by atoms with E-state index in [9.17, 15) is 20.1 Å². The van der Waals surface area contributed by atoms with Crippen molar-refractivity contribution in [3.63, 3.8) is 0 Å². The molecule has 1 amide bonds. The zero-order valence-electron chi connectivity index (χ0n) is 19.6. The largest absolute Gasteiger partial charge is 0.388 e. The first-order valence-corrected chi connectivity index (χ1v) is 13.5. The van der Waals surface area contributed by atoms with E-state index in [1.165, 1.54) is 18.2 Å². The molecule has 10 atom stereocenters. The Morgan fingerprint density at radius 1 is 1.18 bits per heavy atom. The van der Waals surface area contributed by atoms with Gasteiger partial charge in [0.15, 0.2) is 0 Å². The molecule has 4 rings (SSSR count). The maximum atomic E-state index is 13.4. The van der Waals surface area contributed by atoms with Crippen LogP contribution in [0.25, 0.3) is 0 Å².